The first kappa shape index (κ1) is 24.8. The first-order valence-electron chi connectivity index (χ1n) is 11.4. The number of carbonyl (C=O) groups excluding carboxylic acids is 1. The molecule has 2 N–H and O–H groups in total. The van der Waals surface area contributed by atoms with Gasteiger partial charge in [0.1, 0.15) is 30.1 Å². The molecule has 0 radical (unpaired) electrons. The van der Waals surface area contributed by atoms with Crippen molar-refractivity contribution in [2.75, 3.05) is 51.6 Å². The number of nitrogens with one attached hydrogen (secondary N) is 2. The molecule has 2 heterocycles. The van der Waals surface area contributed by atoms with Gasteiger partial charge in [-0.15, -0.1) is 5.10 Å². The van der Waals surface area contributed by atoms with Gasteiger partial charge in [-0.2, -0.15) is 4.68 Å². The van der Waals surface area contributed by atoms with Crippen LogP contribution in [0.15, 0.2) is 67.5 Å². The van der Waals surface area contributed by atoms with Crippen LogP contribution in [0.2, 0.25) is 0 Å². The molecule has 0 fully saturated rings. The Hall–Kier alpha value is -4.35. The second-order valence-corrected chi connectivity index (χ2v) is 8.44. The van der Waals surface area contributed by atoms with Crippen LogP contribution in [0.4, 0.5) is 17.2 Å². The topological polar surface area (TPSA) is 113 Å². The van der Waals surface area contributed by atoms with Gasteiger partial charge in [0, 0.05) is 24.8 Å². The summed E-state index contributed by atoms with van der Waals surface area (Å²) < 4.78 is 7.63. The number of rotatable bonds is 11. The van der Waals surface area contributed by atoms with E-state index in [4.69, 9.17) is 4.74 Å². The summed E-state index contributed by atoms with van der Waals surface area (Å²) in [6.07, 6.45) is 2.67. The third-order valence-corrected chi connectivity index (χ3v) is 5.29. The second-order valence-electron chi connectivity index (χ2n) is 8.44. The number of fused-ring (bicyclic) bond motifs is 1. The maximum absolute atomic E-state index is 12.0. The Morgan fingerprint density at radius 3 is 2.75 bits per heavy atom. The number of likely N-dealkylation sites (N-methyl/N-ethyl adjacent to an activating group) is 2. The molecule has 186 valence electrons. The fraction of sp³-hybridized carbons (Fsp3) is 0.240. The van der Waals surface area contributed by atoms with Gasteiger partial charge in [0.2, 0.25) is 5.91 Å². The number of para-hydroxylation sites is 1. The number of amides is 1. The van der Waals surface area contributed by atoms with Crippen molar-refractivity contribution in [3.8, 4) is 11.6 Å². The number of benzene rings is 2. The Labute approximate surface area is 209 Å². The summed E-state index contributed by atoms with van der Waals surface area (Å²) in [6.45, 7) is 5.67. The van der Waals surface area contributed by atoms with E-state index in [0.717, 1.165) is 24.1 Å². The lowest BCUT2D eigenvalue weighted by atomic mass is 10.2. The second kappa shape index (κ2) is 11.4. The Balaban J connectivity index is 1.53. The van der Waals surface area contributed by atoms with E-state index in [1.807, 2.05) is 51.5 Å². The van der Waals surface area contributed by atoms with Crippen molar-refractivity contribution in [2.45, 2.75) is 0 Å². The van der Waals surface area contributed by atoms with Crippen molar-refractivity contribution in [2.24, 2.45) is 0 Å². The standard InChI is InChI=1S/C25H29N9O2/c1-5-25(35)29-20-14-18(10-11-22(20)36-17-33(4)13-12-32(2)3)28-23-15-24(27-16-26-23)34-21-9-7-6-8-19(21)30-31-34/h5-11,14-16H,1,12-13,17H2,2-4H3,(H,29,35)(H,26,27,28). The highest BCUT2D eigenvalue weighted by atomic mass is 16.5. The van der Waals surface area contributed by atoms with E-state index in [0.29, 0.717) is 35.5 Å². The van der Waals surface area contributed by atoms with Crippen LogP contribution in [0, 0.1) is 0 Å². The van der Waals surface area contributed by atoms with Crippen LogP contribution in [-0.4, -0.2) is 81.6 Å². The van der Waals surface area contributed by atoms with E-state index in [2.05, 4.69) is 47.3 Å². The molecule has 0 aliphatic carbocycles. The number of carbonyl (C=O) groups is 1. The summed E-state index contributed by atoms with van der Waals surface area (Å²) in [6, 6.07) is 14.9. The highest BCUT2D eigenvalue weighted by Crippen LogP contribution is 2.30. The maximum atomic E-state index is 12.0. The van der Waals surface area contributed by atoms with Gasteiger partial charge in [0.25, 0.3) is 0 Å². The van der Waals surface area contributed by atoms with Crippen molar-refractivity contribution >= 4 is 34.1 Å². The molecule has 0 atom stereocenters. The number of anilines is 3. The van der Waals surface area contributed by atoms with Crippen LogP contribution >= 0.6 is 0 Å². The number of hydrogen-bond acceptors (Lipinski definition) is 9. The maximum Gasteiger partial charge on any atom is 0.247 e. The Bertz CT molecular complexity index is 1350. The normalized spacial score (nSPS) is 11.1. The average molecular weight is 488 g/mol. The van der Waals surface area contributed by atoms with E-state index in [1.165, 1.54) is 12.4 Å². The van der Waals surface area contributed by atoms with Crippen LogP contribution in [-0.2, 0) is 4.79 Å². The SMILES string of the molecule is C=CC(=O)Nc1cc(Nc2cc(-n3nnc4ccccc43)ncn2)ccc1OCN(C)CCN(C)C. The van der Waals surface area contributed by atoms with Gasteiger partial charge in [-0.3, -0.25) is 9.69 Å². The van der Waals surface area contributed by atoms with Gasteiger partial charge < -0.3 is 20.3 Å². The zero-order valence-electron chi connectivity index (χ0n) is 20.5. The minimum atomic E-state index is -0.333. The predicted octanol–water partition coefficient (Wildman–Crippen LogP) is 2.91. The van der Waals surface area contributed by atoms with Crippen LogP contribution in [0.25, 0.3) is 16.9 Å². The molecular formula is C25H29N9O2. The monoisotopic (exact) mass is 487 g/mol. The van der Waals surface area contributed by atoms with Crippen LogP contribution in [0.5, 0.6) is 5.75 Å². The van der Waals surface area contributed by atoms with Gasteiger partial charge in [0.15, 0.2) is 5.82 Å². The molecule has 4 rings (SSSR count). The van der Waals surface area contributed by atoms with Crippen LogP contribution in [0.3, 0.4) is 0 Å². The van der Waals surface area contributed by atoms with Crippen molar-refractivity contribution in [3.05, 3.63) is 67.5 Å². The molecular weight excluding hydrogens is 458 g/mol. The van der Waals surface area contributed by atoms with Crippen LogP contribution < -0.4 is 15.4 Å². The van der Waals surface area contributed by atoms with E-state index in [9.17, 15) is 4.79 Å². The fourth-order valence-electron chi connectivity index (χ4n) is 3.35. The zero-order valence-corrected chi connectivity index (χ0v) is 20.5. The molecule has 0 saturated carbocycles. The first-order valence-corrected chi connectivity index (χ1v) is 11.4. The summed E-state index contributed by atoms with van der Waals surface area (Å²) in [4.78, 5) is 24.9. The van der Waals surface area contributed by atoms with Gasteiger partial charge >= 0.3 is 0 Å². The smallest absolute Gasteiger partial charge is 0.247 e. The van der Waals surface area contributed by atoms with Crippen LogP contribution in [0.1, 0.15) is 0 Å². The van der Waals surface area contributed by atoms with E-state index in [-0.39, 0.29) is 5.91 Å². The van der Waals surface area contributed by atoms with E-state index < -0.39 is 0 Å². The lowest BCUT2D eigenvalue weighted by molar-refractivity contribution is -0.111. The van der Waals surface area contributed by atoms with Gasteiger partial charge in [-0.05, 0) is 57.6 Å². The first-order chi connectivity index (χ1) is 17.4. The molecule has 4 aromatic rings. The molecule has 0 spiro atoms. The van der Waals surface area contributed by atoms with Crippen molar-refractivity contribution in [3.63, 3.8) is 0 Å². The Morgan fingerprint density at radius 1 is 1.11 bits per heavy atom. The third kappa shape index (κ3) is 6.20. The molecule has 0 saturated heterocycles. The number of ether oxygens (including phenoxy) is 1. The summed E-state index contributed by atoms with van der Waals surface area (Å²) in [5.41, 5.74) is 2.84. The molecule has 2 aromatic heterocycles. The quantitative estimate of drug-likeness (QED) is 0.243. The van der Waals surface area contributed by atoms with Crippen molar-refractivity contribution < 1.29 is 9.53 Å². The molecule has 0 unspecified atom stereocenters. The predicted molar refractivity (Wildman–Crippen MR) is 140 cm³/mol. The highest BCUT2D eigenvalue weighted by molar-refractivity contribution is 6.00. The molecule has 0 bridgehead atoms. The van der Waals surface area contributed by atoms with E-state index >= 15 is 0 Å². The summed E-state index contributed by atoms with van der Waals surface area (Å²) in [5.74, 6) is 1.34. The third-order valence-electron chi connectivity index (χ3n) is 5.29. The molecule has 0 aliphatic rings. The minimum absolute atomic E-state index is 0.333. The van der Waals surface area contributed by atoms with Gasteiger partial charge in [-0.1, -0.05) is 23.9 Å². The van der Waals surface area contributed by atoms with Crippen molar-refractivity contribution in [1.82, 2.24) is 34.8 Å². The molecule has 36 heavy (non-hydrogen) atoms. The number of nitrogens with zero attached hydrogens (tertiary/aromatic N) is 7. The lowest BCUT2D eigenvalue weighted by Crippen LogP contribution is -2.31. The van der Waals surface area contributed by atoms with Crippen molar-refractivity contribution in [1.29, 1.82) is 0 Å². The average Bonchev–Trinajstić information content (AvgIpc) is 3.31. The minimum Gasteiger partial charge on any atom is -0.476 e. The number of hydrogen-bond donors (Lipinski definition) is 2. The molecule has 11 nitrogen and oxygen atoms in total. The fourth-order valence-corrected chi connectivity index (χ4v) is 3.35. The molecule has 2 aromatic carbocycles. The Kier molecular flexibility index (Phi) is 7.83. The molecule has 1 amide bonds. The summed E-state index contributed by atoms with van der Waals surface area (Å²) in [5, 5.41) is 14.4. The summed E-state index contributed by atoms with van der Waals surface area (Å²) in [7, 11) is 6.03. The number of aromatic nitrogens is 5. The van der Waals surface area contributed by atoms with Gasteiger partial charge in [0.05, 0.1) is 11.2 Å². The largest absolute Gasteiger partial charge is 0.476 e. The Morgan fingerprint density at radius 2 is 1.94 bits per heavy atom. The highest BCUT2D eigenvalue weighted by Gasteiger charge is 2.12. The molecule has 11 heteroatoms. The molecule has 0 aliphatic heterocycles. The zero-order chi connectivity index (χ0) is 25.5. The summed E-state index contributed by atoms with van der Waals surface area (Å²) >= 11 is 0. The lowest BCUT2D eigenvalue weighted by Gasteiger charge is -2.21. The van der Waals surface area contributed by atoms with Gasteiger partial charge in [-0.25, -0.2) is 9.97 Å². The van der Waals surface area contributed by atoms with E-state index in [1.54, 1.807) is 22.9 Å².